The summed E-state index contributed by atoms with van der Waals surface area (Å²) in [6.45, 7) is 5.45. The van der Waals surface area contributed by atoms with Crippen molar-refractivity contribution in [2.75, 3.05) is 34.5 Å². The first-order chi connectivity index (χ1) is 13.2. The van der Waals surface area contributed by atoms with E-state index in [1.807, 2.05) is 13.8 Å². The predicted molar refractivity (Wildman–Crippen MR) is 102 cm³/mol. The lowest BCUT2D eigenvalue weighted by molar-refractivity contribution is -0.150. The fourth-order valence-electron chi connectivity index (χ4n) is 2.18. The van der Waals surface area contributed by atoms with Gasteiger partial charge in [0.2, 0.25) is 5.75 Å². The second-order valence-electron chi connectivity index (χ2n) is 6.41. The first-order valence-electron chi connectivity index (χ1n) is 8.77. The molecule has 1 aromatic rings. The number of carbonyl (C=O) groups excluding carboxylic acids is 3. The molecule has 2 amide bonds. The zero-order valence-corrected chi connectivity index (χ0v) is 17.1. The van der Waals surface area contributed by atoms with E-state index in [4.69, 9.17) is 18.9 Å². The largest absolute Gasteiger partial charge is 0.493 e. The summed E-state index contributed by atoms with van der Waals surface area (Å²) in [6, 6.07) is 1.98. The third-order valence-electron chi connectivity index (χ3n) is 3.68. The van der Waals surface area contributed by atoms with E-state index in [0.717, 1.165) is 0 Å². The summed E-state index contributed by atoms with van der Waals surface area (Å²) < 4.78 is 20.5. The van der Waals surface area contributed by atoms with Gasteiger partial charge in [-0.3, -0.25) is 9.59 Å². The summed E-state index contributed by atoms with van der Waals surface area (Å²) in [5.74, 6) is -0.399. The third-order valence-corrected chi connectivity index (χ3v) is 3.68. The fraction of sp³-hybridized carbons (Fsp3) is 0.526. The van der Waals surface area contributed by atoms with Crippen LogP contribution >= 0.6 is 0 Å². The normalized spacial score (nSPS) is 11.4. The molecule has 0 saturated heterocycles. The van der Waals surface area contributed by atoms with Gasteiger partial charge in [-0.15, -0.1) is 0 Å². The molecule has 2 N–H and O–H groups in total. The number of carbonyl (C=O) groups is 3. The molecule has 1 atom stereocenters. The molecule has 9 nitrogen and oxygen atoms in total. The predicted octanol–water partition coefficient (Wildman–Crippen LogP) is 1.15. The lowest BCUT2D eigenvalue weighted by atomic mass is 10.1. The van der Waals surface area contributed by atoms with E-state index in [2.05, 4.69) is 10.6 Å². The molecule has 9 heteroatoms. The number of nitrogens with one attached hydrogen (secondary N) is 2. The van der Waals surface area contributed by atoms with Gasteiger partial charge in [-0.25, -0.2) is 4.79 Å². The molecule has 0 heterocycles. The molecule has 0 unspecified atom stereocenters. The highest BCUT2D eigenvalue weighted by atomic mass is 16.5. The molecule has 28 heavy (non-hydrogen) atoms. The number of hydrogen-bond donors (Lipinski definition) is 2. The van der Waals surface area contributed by atoms with Gasteiger partial charge in [0.05, 0.1) is 21.3 Å². The summed E-state index contributed by atoms with van der Waals surface area (Å²) >= 11 is 0. The lowest BCUT2D eigenvalue weighted by Crippen LogP contribution is -2.41. The quantitative estimate of drug-likeness (QED) is 0.571. The van der Waals surface area contributed by atoms with Crippen LogP contribution in [0.3, 0.4) is 0 Å². The number of rotatable bonds is 10. The Morgan fingerprint density at radius 1 is 0.964 bits per heavy atom. The smallest absolute Gasteiger partial charge is 0.328 e. The molecule has 0 aromatic heterocycles. The molecule has 0 fully saturated rings. The highest BCUT2D eigenvalue weighted by Gasteiger charge is 2.22. The maximum Gasteiger partial charge on any atom is 0.328 e. The molecule has 0 spiro atoms. The van der Waals surface area contributed by atoms with Crippen LogP contribution in [0.15, 0.2) is 12.1 Å². The average molecular weight is 396 g/mol. The van der Waals surface area contributed by atoms with Gasteiger partial charge in [-0.2, -0.15) is 0 Å². The van der Waals surface area contributed by atoms with Gasteiger partial charge >= 0.3 is 5.97 Å². The number of hydrogen-bond acceptors (Lipinski definition) is 7. The van der Waals surface area contributed by atoms with Crippen molar-refractivity contribution in [3.05, 3.63) is 17.7 Å². The topological polar surface area (TPSA) is 112 Å². The molecule has 0 aliphatic carbocycles. The molecule has 156 valence electrons. The van der Waals surface area contributed by atoms with E-state index in [-0.39, 0.29) is 11.5 Å². The first kappa shape index (κ1) is 23.1. The zero-order valence-electron chi connectivity index (χ0n) is 17.1. The molecular formula is C19H28N2O7. The summed E-state index contributed by atoms with van der Waals surface area (Å²) in [5.41, 5.74) is 0.212. The highest BCUT2D eigenvalue weighted by Crippen LogP contribution is 2.38. The number of ether oxygens (including phenoxy) is 4. The second-order valence-corrected chi connectivity index (χ2v) is 6.41. The Balaban J connectivity index is 2.71. The van der Waals surface area contributed by atoms with Gasteiger partial charge in [-0.05, 0) is 25.0 Å². The van der Waals surface area contributed by atoms with Crippen LogP contribution in [-0.2, 0) is 14.3 Å². The van der Waals surface area contributed by atoms with Crippen LogP contribution < -0.4 is 24.8 Å². The molecule has 0 saturated carbocycles. The van der Waals surface area contributed by atoms with Gasteiger partial charge < -0.3 is 29.6 Å². The Hall–Kier alpha value is -2.97. The SMILES string of the molecule is COc1cc(C(=O)N[C@@H](C)C(=O)OCC(=O)NCC(C)C)cc(OC)c1OC. The van der Waals surface area contributed by atoms with E-state index < -0.39 is 30.4 Å². The van der Waals surface area contributed by atoms with Crippen LogP contribution in [0.1, 0.15) is 31.1 Å². The Kier molecular flexibility index (Phi) is 9.07. The van der Waals surface area contributed by atoms with Crippen molar-refractivity contribution in [2.45, 2.75) is 26.8 Å². The van der Waals surface area contributed by atoms with Crippen LogP contribution in [0.2, 0.25) is 0 Å². The summed E-state index contributed by atoms with van der Waals surface area (Å²) in [5, 5.41) is 5.15. The molecule has 0 aliphatic heterocycles. The van der Waals surface area contributed by atoms with Gasteiger partial charge in [0.25, 0.3) is 11.8 Å². The molecule has 1 aromatic carbocycles. The molecular weight excluding hydrogens is 368 g/mol. The minimum absolute atomic E-state index is 0.212. The van der Waals surface area contributed by atoms with Crippen molar-refractivity contribution >= 4 is 17.8 Å². The maximum atomic E-state index is 12.5. The van der Waals surface area contributed by atoms with E-state index in [1.165, 1.54) is 40.4 Å². The molecule has 1 rings (SSSR count). The fourth-order valence-corrected chi connectivity index (χ4v) is 2.18. The van der Waals surface area contributed by atoms with Gasteiger partial charge in [0.1, 0.15) is 6.04 Å². The highest BCUT2D eigenvalue weighted by molar-refractivity contribution is 5.98. The number of esters is 1. The van der Waals surface area contributed by atoms with Gasteiger partial charge in [-0.1, -0.05) is 13.8 Å². The number of amides is 2. The van der Waals surface area contributed by atoms with Crippen molar-refractivity contribution < 1.29 is 33.3 Å². The maximum absolute atomic E-state index is 12.5. The number of benzene rings is 1. The monoisotopic (exact) mass is 396 g/mol. The van der Waals surface area contributed by atoms with Crippen LogP contribution in [-0.4, -0.2) is 58.3 Å². The van der Waals surface area contributed by atoms with Gasteiger partial charge in [0.15, 0.2) is 18.1 Å². The second kappa shape index (κ2) is 11.0. The standard InChI is InChI=1S/C19H28N2O7/c1-11(2)9-20-16(22)10-28-19(24)12(3)21-18(23)13-7-14(25-4)17(27-6)15(8-13)26-5/h7-8,11-12H,9-10H2,1-6H3,(H,20,22)(H,21,23)/t12-/m0/s1. The first-order valence-corrected chi connectivity index (χ1v) is 8.77. The summed E-state index contributed by atoms with van der Waals surface area (Å²) in [4.78, 5) is 36.1. The van der Waals surface area contributed by atoms with E-state index >= 15 is 0 Å². The van der Waals surface area contributed by atoms with E-state index in [0.29, 0.717) is 23.8 Å². The van der Waals surface area contributed by atoms with E-state index in [9.17, 15) is 14.4 Å². The Bertz CT molecular complexity index is 679. The average Bonchev–Trinajstić information content (AvgIpc) is 2.68. The summed E-state index contributed by atoms with van der Waals surface area (Å²) in [6.07, 6.45) is 0. The van der Waals surface area contributed by atoms with Crippen LogP contribution in [0.5, 0.6) is 17.2 Å². The van der Waals surface area contributed by atoms with Crippen molar-refractivity contribution in [2.24, 2.45) is 5.92 Å². The van der Waals surface area contributed by atoms with Crippen molar-refractivity contribution in [1.82, 2.24) is 10.6 Å². The van der Waals surface area contributed by atoms with Crippen molar-refractivity contribution in [1.29, 1.82) is 0 Å². The van der Waals surface area contributed by atoms with Gasteiger partial charge in [0, 0.05) is 12.1 Å². The number of methoxy groups -OCH3 is 3. The van der Waals surface area contributed by atoms with Crippen LogP contribution in [0.4, 0.5) is 0 Å². The van der Waals surface area contributed by atoms with Crippen molar-refractivity contribution in [3.63, 3.8) is 0 Å². The zero-order chi connectivity index (χ0) is 21.3. The molecule has 0 bridgehead atoms. The van der Waals surface area contributed by atoms with Crippen molar-refractivity contribution in [3.8, 4) is 17.2 Å². The van der Waals surface area contributed by atoms with Crippen LogP contribution in [0.25, 0.3) is 0 Å². The minimum Gasteiger partial charge on any atom is -0.493 e. The molecule has 0 aliphatic rings. The van der Waals surface area contributed by atoms with Crippen LogP contribution in [0, 0.1) is 5.92 Å². The minimum atomic E-state index is -0.954. The Morgan fingerprint density at radius 2 is 1.54 bits per heavy atom. The Morgan fingerprint density at radius 3 is 2.00 bits per heavy atom. The summed E-state index contributed by atoms with van der Waals surface area (Å²) in [7, 11) is 4.32. The lowest BCUT2D eigenvalue weighted by Gasteiger charge is -2.16. The Labute approximate surface area is 164 Å². The third kappa shape index (κ3) is 6.64. The van der Waals surface area contributed by atoms with E-state index in [1.54, 1.807) is 0 Å². The molecule has 0 radical (unpaired) electrons.